The van der Waals surface area contributed by atoms with E-state index in [0.717, 1.165) is 73.9 Å². The molecule has 1 heterocycles. The smallest absolute Gasteiger partial charge is 0.143 e. The van der Waals surface area contributed by atoms with Crippen LogP contribution < -0.4 is 4.90 Å². The number of hydrogen-bond donors (Lipinski definition) is 0. The molecule has 10 aromatic carbocycles. The summed E-state index contributed by atoms with van der Waals surface area (Å²) >= 11 is 0. The van der Waals surface area contributed by atoms with E-state index in [1.54, 1.807) is 0 Å². The molecule has 0 fully saturated rings. The van der Waals surface area contributed by atoms with E-state index in [1.165, 1.54) is 54.8 Å². The van der Waals surface area contributed by atoms with Gasteiger partial charge in [0.2, 0.25) is 0 Å². The number of hydrogen-bond acceptors (Lipinski definition) is 2. The number of allylic oxidation sites excluding steroid dienone is 4. The number of rotatable bonds is 7. The Kier molecular flexibility index (Phi) is 8.67. The van der Waals surface area contributed by atoms with Crippen molar-refractivity contribution in [3.63, 3.8) is 0 Å². The molecule has 11 aromatic rings. The van der Waals surface area contributed by atoms with Crippen molar-refractivity contribution in [1.82, 2.24) is 0 Å². The summed E-state index contributed by atoms with van der Waals surface area (Å²) in [6, 6.07) is 75.1. The van der Waals surface area contributed by atoms with Gasteiger partial charge in [0.05, 0.1) is 5.69 Å². The van der Waals surface area contributed by atoms with Gasteiger partial charge in [-0.1, -0.05) is 188 Å². The lowest BCUT2D eigenvalue weighted by Gasteiger charge is -2.29. The van der Waals surface area contributed by atoms with E-state index >= 15 is 0 Å². The highest BCUT2D eigenvalue weighted by Crippen LogP contribution is 2.48. The van der Waals surface area contributed by atoms with Gasteiger partial charge in [-0.25, -0.2) is 0 Å². The number of furan rings is 1. The molecule has 0 unspecified atom stereocenters. The molecule has 62 heavy (non-hydrogen) atoms. The van der Waals surface area contributed by atoms with Crippen LogP contribution in [0.5, 0.6) is 0 Å². The summed E-state index contributed by atoms with van der Waals surface area (Å²) in [4.78, 5) is 2.43. The van der Waals surface area contributed by atoms with Crippen molar-refractivity contribution >= 4 is 76.9 Å². The van der Waals surface area contributed by atoms with E-state index in [9.17, 15) is 0 Å². The molecular weight excluding hydrogens is 751 g/mol. The molecule has 0 radical (unpaired) electrons. The Morgan fingerprint density at radius 1 is 0.387 bits per heavy atom. The van der Waals surface area contributed by atoms with Crippen molar-refractivity contribution in [3.05, 3.63) is 230 Å². The SMILES string of the molecule is C1=CCCC(c2ccc(N(c3cccc(-c4c(-c5ccccc5)c5ccccc5c5ccccc45)c3)c3ccccc3-c3cccc4c3oc3c5ccccc5ccc43)cc2)=C1. The Morgan fingerprint density at radius 3 is 1.77 bits per heavy atom. The number of fused-ring (bicyclic) bond motifs is 8. The molecule has 0 atom stereocenters. The maximum atomic E-state index is 6.96. The van der Waals surface area contributed by atoms with Crippen LogP contribution in [0.25, 0.3) is 93.2 Å². The van der Waals surface area contributed by atoms with E-state index in [0.29, 0.717) is 0 Å². The second kappa shape index (κ2) is 15.0. The fourth-order valence-corrected chi connectivity index (χ4v) is 9.88. The highest BCUT2D eigenvalue weighted by Gasteiger charge is 2.23. The van der Waals surface area contributed by atoms with Crippen LogP contribution in [0.3, 0.4) is 0 Å². The summed E-state index contributed by atoms with van der Waals surface area (Å²) < 4.78 is 6.96. The molecule has 1 aliphatic carbocycles. The maximum absolute atomic E-state index is 6.96. The first-order valence-corrected chi connectivity index (χ1v) is 21.6. The van der Waals surface area contributed by atoms with Gasteiger partial charge in [0.1, 0.15) is 11.2 Å². The summed E-state index contributed by atoms with van der Waals surface area (Å²) in [5, 5.41) is 9.52. The highest BCUT2D eigenvalue weighted by atomic mass is 16.3. The summed E-state index contributed by atoms with van der Waals surface area (Å²) in [5.41, 5.74) is 14.7. The average molecular weight is 792 g/mol. The second-order valence-corrected chi connectivity index (χ2v) is 16.3. The van der Waals surface area contributed by atoms with Gasteiger partial charge < -0.3 is 9.32 Å². The van der Waals surface area contributed by atoms with Crippen molar-refractivity contribution in [2.45, 2.75) is 12.8 Å². The molecule has 0 aliphatic heterocycles. The predicted octanol–water partition coefficient (Wildman–Crippen LogP) is 17.2. The summed E-state index contributed by atoms with van der Waals surface area (Å²) in [5.74, 6) is 0. The standard InChI is InChI=1S/C60H41NO/c1-3-17-40(18-4-1)41-33-36-45(37-34-41)61(56-32-14-13-27-50(56)53-30-16-31-54-55-38-35-42-19-7-8-24-47(42)59(55)62-60(53)54)46-23-15-22-44(39-46)58-52-29-12-10-26-49(52)48-25-9-11-28-51(48)57(58)43-20-5-2-6-21-43/h1-3,5-17,19-39H,4,18H2. The average Bonchev–Trinajstić information content (AvgIpc) is 3.74. The lowest BCUT2D eigenvalue weighted by atomic mass is 9.85. The lowest BCUT2D eigenvalue weighted by molar-refractivity contribution is 0.674. The molecular formula is C60H41NO. The number of benzene rings is 10. The van der Waals surface area contributed by atoms with Crippen LogP contribution in [0.15, 0.2) is 229 Å². The second-order valence-electron chi connectivity index (χ2n) is 16.3. The summed E-state index contributed by atoms with van der Waals surface area (Å²) in [6.07, 6.45) is 8.80. The maximum Gasteiger partial charge on any atom is 0.143 e. The minimum absolute atomic E-state index is 0.891. The van der Waals surface area contributed by atoms with Crippen LogP contribution in [0.4, 0.5) is 17.1 Å². The Morgan fingerprint density at radius 2 is 1.00 bits per heavy atom. The Balaban J connectivity index is 1.10. The molecule has 1 aliphatic rings. The zero-order chi connectivity index (χ0) is 41.0. The van der Waals surface area contributed by atoms with Crippen LogP contribution >= 0.6 is 0 Å². The number of nitrogens with zero attached hydrogens (tertiary/aromatic N) is 1. The molecule has 0 N–H and O–H groups in total. The quantitative estimate of drug-likeness (QED) is 0.150. The third-order valence-corrected chi connectivity index (χ3v) is 12.7. The van der Waals surface area contributed by atoms with Crippen molar-refractivity contribution in [1.29, 1.82) is 0 Å². The molecule has 0 spiro atoms. The Hall–Kier alpha value is -7.94. The van der Waals surface area contributed by atoms with Gasteiger partial charge in [0, 0.05) is 38.7 Å². The zero-order valence-electron chi connectivity index (χ0n) is 34.1. The van der Waals surface area contributed by atoms with Crippen LogP contribution in [0.1, 0.15) is 18.4 Å². The molecule has 292 valence electrons. The Bertz CT molecular complexity index is 3570. The first kappa shape index (κ1) is 36.0. The van der Waals surface area contributed by atoms with Gasteiger partial charge in [-0.05, 0) is 110 Å². The lowest BCUT2D eigenvalue weighted by Crippen LogP contribution is -2.11. The summed E-state index contributed by atoms with van der Waals surface area (Å²) in [7, 11) is 0. The van der Waals surface area contributed by atoms with Crippen molar-refractivity contribution in [2.75, 3.05) is 4.90 Å². The first-order valence-electron chi connectivity index (χ1n) is 21.6. The normalized spacial score (nSPS) is 12.7. The number of para-hydroxylation sites is 2. The monoisotopic (exact) mass is 791 g/mol. The van der Waals surface area contributed by atoms with Crippen molar-refractivity contribution < 1.29 is 4.42 Å². The van der Waals surface area contributed by atoms with Gasteiger partial charge in [-0.2, -0.15) is 0 Å². The van der Waals surface area contributed by atoms with Gasteiger partial charge in [0.25, 0.3) is 0 Å². The minimum atomic E-state index is 0.891. The molecule has 0 saturated heterocycles. The predicted molar refractivity (Wildman–Crippen MR) is 264 cm³/mol. The van der Waals surface area contributed by atoms with E-state index < -0.39 is 0 Å². The topological polar surface area (TPSA) is 16.4 Å². The summed E-state index contributed by atoms with van der Waals surface area (Å²) in [6.45, 7) is 0. The van der Waals surface area contributed by atoms with E-state index in [-0.39, 0.29) is 0 Å². The molecule has 0 bridgehead atoms. The minimum Gasteiger partial charge on any atom is -0.455 e. The van der Waals surface area contributed by atoms with Gasteiger partial charge in [-0.3, -0.25) is 0 Å². The molecule has 0 saturated carbocycles. The molecule has 12 rings (SSSR count). The van der Waals surface area contributed by atoms with E-state index in [1.807, 2.05) is 0 Å². The third kappa shape index (κ3) is 5.95. The Labute approximate surface area is 360 Å². The molecule has 0 amide bonds. The molecule has 2 heteroatoms. The van der Waals surface area contributed by atoms with Crippen molar-refractivity contribution in [3.8, 4) is 33.4 Å². The fraction of sp³-hybridized carbons (Fsp3) is 0.0333. The van der Waals surface area contributed by atoms with Crippen LogP contribution in [-0.2, 0) is 0 Å². The molecule has 1 aromatic heterocycles. The zero-order valence-corrected chi connectivity index (χ0v) is 34.1. The highest BCUT2D eigenvalue weighted by molar-refractivity contribution is 6.22. The largest absolute Gasteiger partial charge is 0.455 e. The van der Waals surface area contributed by atoms with Crippen molar-refractivity contribution in [2.24, 2.45) is 0 Å². The van der Waals surface area contributed by atoms with Gasteiger partial charge >= 0.3 is 0 Å². The fourth-order valence-electron chi connectivity index (χ4n) is 9.88. The van der Waals surface area contributed by atoms with E-state index in [4.69, 9.17) is 4.42 Å². The van der Waals surface area contributed by atoms with Gasteiger partial charge in [-0.15, -0.1) is 0 Å². The van der Waals surface area contributed by atoms with Crippen LogP contribution in [0.2, 0.25) is 0 Å². The number of anilines is 3. The first-order chi connectivity index (χ1) is 30.8. The van der Waals surface area contributed by atoms with Crippen LogP contribution in [0, 0.1) is 0 Å². The van der Waals surface area contributed by atoms with Crippen LogP contribution in [-0.4, -0.2) is 0 Å². The van der Waals surface area contributed by atoms with E-state index in [2.05, 4.69) is 229 Å². The molecule has 2 nitrogen and oxygen atoms in total. The third-order valence-electron chi connectivity index (χ3n) is 12.7. The van der Waals surface area contributed by atoms with Gasteiger partial charge in [0.15, 0.2) is 0 Å².